The summed E-state index contributed by atoms with van der Waals surface area (Å²) in [6.07, 6.45) is 1.80. The summed E-state index contributed by atoms with van der Waals surface area (Å²) in [5.41, 5.74) is -0.280. The molecule has 2 saturated heterocycles. The number of rotatable bonds is 6. The molecule has 0 atom stereocenters. The first-order valence-electron chi connectivity index (χ1n) is 8.52. The molecule has 0 aromatic carbocycles. The van der Waals surface area contributed by atoms with Gasteiger partial charge in [0.1, 0.15) is 13.6 Å². The van der Waals surface area contributed by atoms with Gasteiger partial charge in [0.2, 0.25) is 8.77 Å². The Morgan fingerprint density at radius 1 is 0.769 bits per heavy atom. The van der Waals surface area contributed by atoms with Gasteiger partial charge in [0.15, 0.2) is 0 Å². The summed E-state index contributed by atoms with van der Waals surface area (Å²) in [6.45, 7) is 8.30. The van der Waals surface area contributed by atoms with Gasteiger partial charge in [0, 0.05) is 21.6 Å². The maximum atomic E-state index is 5.72. The van der Waals surface area contributed by atoms with Gasteiger partial charge in [-0.25, -0.2) is 0 Å². The summed E-state index contributed by atoms with van der Waals surface area (Å²) >= 11 is 10.6. The van der Waals surface area contributed by atoms with Crippen LogP contribution in [-0.2, 0) is 28.4 Å². The molecule has 10 heteroatoms. The van der Waals surface area contributed by atoms with Gasteiger partial charge in [-0.2, -0.15) is 0 Å². The molecule has 26 heavy (non-hydrogen) atoms. The highest BCUT2D eigenvalue weighted by Crippen LogP contribution is 2.32. The molecule has 0 spiro atoms. The van der Waals surface area contributed by atoms with E-state index < -0.39 is 0 Å². The Labute approximate surface area is 173 Å². The molecule has 2 rings (SSSR count). The van der Waals surface area contributed by atoms with Gasteiger partial charge in [0.25, 0.3) is 0 Å². The van der Waals surface area contributed by atoms with E-state index in [1.807, 2.05) is 0 Å². The van der Waals surface area contributed by atoms with Crippen molar-refractivity contribution in [3.05, 3.63) is 0 Å². The monoisotopic (exact) mass is 442 g/mol. The normalized spacial score (nSPS) is 21.8. The lowest BCUT2D eigenvalue weighted by Crippen LogP contribution is -2.41. The van der Waals surface area contributed by atoms with E-state index in [-0.39, 0.29) is 10.8 Å². The third-order valence-electron chi connectivity index (χ3n) is 4.64. The molecule has 2 aliphatic rings. The van der Waals surface area contributed by atoms with Gasteiger partial charge in [0.05, 0.1) is 50.5 Å². The molecule has 0 unspecified atom stereocenters. The van der Waals surface area contributed by atoms with Crippen LogP contribution in [0, 0.1) is 10.8 Å². The lowest BCUT2D eigenvalue weighted by Gasteiger charge is -2.35. The zero-order valence-corrected chi connectivity index (χ0v) is 18.4. The fourth-order valence-corrected chi connectivity index (χ4v) is 4.33. The first-order chi connectivity index (χ1) is 12.5. The van der Waals surface area contributed by atoms with Crippen molar-refractivity contribution in [2.75, 3.05) is 53.2 Å². The zero-order valence-electron chi connectivity index (χ0n) is 15.2. The lowest BCUT2D eigenvalue weighted by atomic mass is 9.87. The number of thiocarbonyl (C=S) groups is 2. The van der Waals surface area contributed by atoms with Crippen LogP contribution in [0.4, 0.5) is 0 Å². The van der Waals surface area contributed by atoms with Gasteiger partial charge in [-0.05, 0) is 37.3 Å². The van der Waals surface area contributed by atoms with Gasteiger partial charge in [-0.3, -0.25) is 0 Å². The second-order valence-corrected chi connectivity index (χ2v) is 9.91. The Kier molecular flexibility index (Phi) is 9.87. The van der Waals surface area contributed by atoms with Crippen LogP contribution in [0.15, 0.2) is 0 Å². The molecule has 150 valence electrons. The Bertz CT molecular complexity index is 422. The number of hydrogen-bond donors (Lipinski definition) is 0. The van der Waals surface area contributed by atoms with E-state index in [0.717, 1.165) is 12.8 Å². The predicted molar refractivity (Wildman–Crippen MR) is 111 cm³/mol. The topological polar surface area (TPSA) is 55.4 Å². The van der Waals surface area contributed by atoms with Crippen molar-refractivity contribution in [2.24, 2.45) is 10.8 Å². The average molecular weight is 443 g/mol. The molecule has 2 fully saturated rings. The molecular formula is C16H26O6S4. The van der Waals surface area contributed by atoms with E-state index >= 15 is 0 Å². The first-order valence-corrected chi connectivity index (χ1v) is 11.5. The van der Waals surface area contributed by atoms with Gasteiger partial charge in [-0.1, -0.05) is 13.8 Å². The SMILES string of the molecule is CCC1(COC(=S)SSC(=S)OCC2(CC)COCOC2)COCOC1. The molecule has 0 saturated carbocycles. The number of ether oxygens (including phenoxy) is 6. The van der Waals surface area contributed by atoms with E-state index in [1.54, 1.807) is 0 Å². The molecular weight excluding hydrogens is 416 g/mol. The Morgan fingerprint density at radius 3 is 1.42 bits per heavy atom. The first kappa shape index (κ1) is 22.6. The predicted octanol–water partition coefficient (Wildman–Crippen LogP) is 3.77. The van der Waals surface area contributed by atoms with Crippen molar-refractivity contribution in [2.45, 2.75) is 26.7 Å². The molecule has 0 bridgehead atoms. The molecule has 2 heterocycles. The fraction of sp³-hybridized carbons (Fsp3) is 0.875. The summed E-state index contributed by atoms with van der Waals surface area (Å²) in [6, 6.07) is 0. The molecule has 0 radical (unpaired) electrons. The molecule has 0 aliphatic carbocycles. The minimum atomic E-state index is -0.140. The van der Waals surface area contributed by atoms with Crippen LogP contribution in [0.1, 0.15) is 26.7 Å². The van der Waals surface area contributed by atoms with E-state index in [4.69, 9.17) is 52.9 Å². The van der Waals surface area contributed by atoms with Crippen molar-refractivity contribution < 1.29 is 28.4 Å². The Hall–Kier alpha value is 0.320. The smallest absolute Gasteiger partial charge is 0.231 e. The van der Waals surface area contributed by atoms with Gasteiger partial charge < -0.3 is 28.4 Å². The zero-order chi connectivity index (χ0) is 18.9. The maximum Gasteiger partial charge on any atom is 0.231 e. The van der Waals surface area contributed by atoms with Crippen LogP contribution in [0.2, 0.25) is 0 Å². The summed E-state index contributed by atoms with van der Waals surface area (Å²) < 4.78 is 33.9. The maximum absolute atomic E-state index is 5.72. The molecule has 0 aromatic rings. The lowest BCUT2D eigenvalue weighted by molar-refractivity contribution is -0.175. The molecule has 0 amide bonds. The number of hydrogen-bond acceptors (Lipinski definition) is 10. The highest BCUT2D eigenvalue weighted by molar-refractivity contribution is 8.89. The quantitative estimate of drug-likeness (QED) is 0.449. The van der Waals surface area contributed by atoms with E-state index in [9.17, 15) is 0 Å². The summed E-state index contributed by atoms with van der Waals surface area (Å²) in [5, 5.41) is 0. The highest BCUT2D eigenvalue weighted by atomic mass is 33.1. The van der Waals surface area contributed by atoms with Gasteiger partial charge in [-0.15, -0.1) is 0 Å². The standard InChI is InChI=1S/C16H26O6S4/c1-3-15(5-17-11-18-6-15)9-21-13(23)25-26-14(24)22-10-16(4-2)7-19-12-20-8-16/h3-12H2,1-2H3. The van der Waals surface area contributed by atoms with Crippen LogP contribution >= 0.6 is 46.0 Å². The fourth-order valence-electron chi connectivity index (χ4n) is 2.55. The van der Waals surface area contributed by atoms with Crippen LogP contribution in [0.25, 0.3) is 0 Å². The van der Waals surface area contributed by atoms with Crippen molar-refractivity contribution in [1.29, 1.82) is 0 Å². The minimum absolute atomic E-state index is 0.140. The van der Waals surface area contributed by atoms with Crippen molar-refractivity contribution in [3.8, 4) is 0 Å². The van der Waals surface area contributed by atoms with Crippen LogP contribution in [-0.4, -0.2) is 62.0 Å². The molecule has 0 N–H and O–H groups in total. The van der Waals surface area contributed by atoms with Gasteiger partial charge >= 0.3 is 0 Å². The largest absolute Gasteiger partial charge is 0.477 e. The summed E-state index contributed by atoms with van der Waals surface area (Å²) in [5.74, 6) is 0. The average Bonchev–Trinajstić information content (AvgIpc) is 2.70. The third-order valence-corrected chi connectivity index (χ3v) is 7.75. The van der Waals surface area contributed by atoms with Crippen LogP contribution < -0.4 is 0 Å². The molecule has 6 nitrogen and oxygen atoms in total. The van der Waals surface area contributed by atoms with E-state index in [0.29, 0.717) is 62.0 Å². The summed E-state index contributed by atoms with van der Waals surface area (Å²) in [7, 11) is 2.58. The summed E-state index contributed by atoms with van der Waals surface area (Å²) in [4.78, 5) is 0. The minimum Gasteiger partial charge on any atom is -0.477 e. The molecule has 2 aliphatic heterocycles. The Morgan fingerprint density at radius 2 is 1.12 bits per heavy atom. The second-order valence-electron chi connectivity index (χ2n) is 6.58. The van der Waals surface area contributed by atoms with E-state index in [2.05, 4.69) is 13.8 Å². The van der Waals surface area contributed by atoms with Crippen molar-refractivity contribution >= 4 is 54.8 Å². The van der Waals surface area contributed by atoms with Crippen LogP contribution in [0.5, 0.6) is 0 Å². The highest BCUT2D eigenvalue weighted by Gasteiger charge is 2.34. The Balaban J connectivity index is 1.65. The van der Waals surface area contributed by atoms with Crippen molar-refractivity contribution in [1.82, 2.24) is 0 Å². The molecule has 0 aromatic heterocycles. The second kappa shape index (κ2) is 11.4. The van der Waals surface area contributed by atoms with Crippen molar-refractivity contribution in [3.63, 3.8) is 0 Å². The third kappa shape index (κ3) is 7.05. The van der Waals surface area contributed by atoms with Crippen LogP contribution in [0.3, 0.4) is 0 Å². The van der Waals surface area contributed by atoms with E-state index in [1.165, 1.54) is 21.6 Å².